The van der Waals surface area contributed by atoms with Crippen molar-refractivity contribution < 1.29 is 9.53 Å². The number of hydrogen-bond acceptors (Lipinski definition) is 10. The molecule has 0 spiro atoms. The highest BCUT2D eigenvalue weighted by molar-refractivity contribution is 7.16. The maximum atomic E-state index is 13.0. The van der Waals surface area contributed by atoms with E-state index in [1.807, 2.05) is 72.6 Å². The summed E-state index contributed by atoms with van der Waals surface area (Å²) in [5.41, 5.74) is 6.41. The molecule has 4 aromatic heterocycles. The van der Waals surface area contributed by atoms with Crippen LogP contribution in [0.3, 0.4) is 0 Å². The van der Waals surface area contributed by atoms with Crippen molar-refractivity contribution >= 4 is 39.8 Å². The highest BCUT2D eigenvalue weighted by Crippen LogP contribution is 2.37. The average Bonchev–Trinajstić information content (AvgIpc) is 3.73. The molecule has 0 N–H and O–H groups in total. The number of hydrogen-bond donors (Lipinski definition) is 0. The summed E-state index contributed by atoms with van der Waals surface area (Å²) in [4.78, 5) is 39.0. The molecule has 0 atom stereocenters. The van der Waals surface area contributed by atoms with E-state index >= 15 is 0 Å². The number of benzene rings is 1. The summed E-state index contributed by atoms with van der Waals surface area (Å²) in [6.07, 6.45) is 8.14. The lowest BCUT2D eigenvalue weighted by atomic mass is 9.95. The Morgan fingerprint density at radius 2 is 1.70 bits per heavy atom. The molecule has 6 heterocycles. The summed E-state index contributed by atoms with van der Waals surface area (Å²) in [5.74, 6) is 1.90. The fraction of sp³-hybridized carbons (Fsp3) is 0.371. The summed E-state index contributed by atoms with van der Waals surface area (Å²) in [5, 5.41) is 10.7. The summed E-state index contributed by atoms with van der Waals surface area (Å²) < 4.78 is 7.48. The van der Waals surface area contributed by atoms with Crippen LogP contribution in [0.2, 0.25) is 0 Å². The molecule has 0 radical (unpaired) electrons. The largest absolute Gasteiger partial charge is 0.378 e. The molecule has 5 aromatic rings. The molecule has 2 saturated heterocycles. The Bertz CT molecular complexity index is 1930. The van der Waals surface area contributed by atoms with Gasteiger partial charge in [0.1, 0.15) is 28.1 Å². The van der Waals surface area contributed by atoms with Crippen LogP contribution in [-0.2, 0) is 16.0 Å². The lowest BCUT2D eigenvalue weighted by molar-refractivity contribution is -0.140. The Balaban J connectivity index is 1.11. The van der Waals surface area contributed by atoms with Gasteiger partial charge >= 0.3 is 0 Å². The number of pyridine rings is 1. The first-order chi connectivity index (χ1) is 22.9. The lowest BCUT2D eigenvalue weighted by Gasteiger charge is -2.35. The number of nitrogens with zero attached hydrogens (tertiary/aromatic N) is 9. The van der Waals surface area contributed by atoms with Gasteiger partial charge in [0.15, 0.2) is 5.13 Å². The van der Waals surface area contributed by atoms with Crippen LogP contribution in [0.25, 0.3) is 28.0 Å². The van der Waals surface area contributed by atoms with Crippen molar-refractivity contribution in [3.8, 4) is 28.5 Å². The second-order valence-corrected chi connectivity index (χ2v) is 13.0. The van der Waals surface area contributed by atoms with Crippen molar-refractivity contribution in [1.29, 1.82) is 5.26 Å². The molecular formula is C35H37N9O2S. The SMILES string of the molecule is CCc1nc2ccc(-c3cnc(N4CCC(C(=O)N5CCOCC5)CC4)nc3)cn2c1N(C)c1nc(-c2ccc(C)cc2)c(C#N)s1. The molecule has 0 aliphatic carbocycles. The van der Waals surface area contributed by atoms with E-state index in [0.29, 0.717) is 42.8 Å². The first-order valence-electron chi connectivity index (χ1n) is 16.1. The third kappa shape index (κ3) is 6.04. The van der Waals surface area contributed by atoms with Crippen molar-refractivity contribution in [3.63, 3.8) is 0 Å². The number of carbonyl (C=O) groups is 1. The first-order valence-corrected chi connectivity index (χ1v) is 16.9. The second-order valence-electron chi connectivity index (χ2n) is 12.1. The second kappa shape index (κ2) is 13.1. The van der Waals surface area contributed by atoms with Gasteiger partial charge in [-0.25, -0.2) is 19.9 Å². The van der Waals surface area contributed by atoms with Crippen LogP contribution in [0.15, 0.2) is 55.0 Å². The standard InChI is InChI=1S/C35H37N9O2S/c1-4-28-32(41(3)35-40-31(29(19-36)47-35)24-7-5-23(2)6-8-24)44-22-26(9-10-30(44)39-28)27-20-37-34(38-21-27)43-13-11-25(12-14-43)33(45)42-15-17-46-18-16-42/h5-10,20-22,25H,4,11-18H2,1-3H3. The van der Waals surface area contributed by atoms with Crippen molar-refractivity contribution in [2.45, 2.75) is 33.1 Å². The number of thiazole rings is 1. The normalized spacial score (nSPS) is 15.6. The minimum atomic E-state index is 0.0518. The van der Waals surface area contributed by atoms with Gasteiger partial charge in [0.2, 0.25) is 11.9 Å². The molecule has 2 fully saturated rings. The van der Waals surface area contributed by atoms with Gasteiger partial charge in [-0.15, -0.1) is 0 Å². The lowest BCUT2D eigenvalue weighted by Crippen LogP contribution is -2.47. The van der Waals surface area contributed by atoms with Crippen molar-refractivity contribution in [3.05, 3.63) is 71.1 Å². The monoisotopic (exact) mass is 647 g/mol. The Kier molecular flexibility index (Phi) is 8.58. The molecule has 0 saturated carbocycles. The van der Waals surface area contributed by atoms with Crippen molar-refractivity contribution in [2.75, 3.05) is 56.2 Å². The molecule has 7 rings (SSSR count). The summed E-state index contributed by atoms with van der Waals surface area (Å²) in [7, 11) is 1.98. The number of imidazole rings is 1. The fourth-order valence-electron chi connectivity index (χ4n) is 6.37. The van der Waals surface area contributed by atoms with Gasteiger partial charge in [-0.2, -0.15) is 5.26 Å². The van der Waals surface area contributed by atoms with Gasteiger partial charge < -0.3 is 19.4 Å². The Labute approximate surface area is 278 Å². The zero-order valence-electron chi connectivity index (χ0n) is 26.9. The number of amides is 1. The van der Waals surface area contributed by atoms with Crippen LogP contribution in [-0.4, -0.2) is 81.6 Å². The molecule has 12 heteroatoms. The number of anilines is 3. The van der Waals surface area contributed by atoms with Gasteiger partial charge in [0.25, 0.3) is 0 Å². The molecular weight excluding hydrogens is 611 g/mol. The predicted molar refractivity (Wildman–Crippen MR) is 183 cm³/mol. The Morgan fingerprint density at radius 1 is 1.00 bits per heavy atom. The van der Waals surface area contributed by atoms with Gasteiger partial charge in [-0.1, -0.05) is 48.1 Å². The molecule has 1 amide bonds. The zero-order chi connectivity index (χ0) is 32.5. The van der Waals surface area contributed by atoms with E-state index < -0.39 is 0 Å². The fourth-order valence-corrected chi connectivity index (χ4v) is 7.22. The van der Waals surface area contributed by atoms with Gasteiger partial charge in [0.05, 0.1) is 18.9 Å². The number of ether oxygens (including phenoxy) is 1. The van der Waals surface area contributed by atoms with Crippen LogP contribution < -0.4 is 9.80 Å². The number of piperidine rings is 1. The average molecular weight is 648 g/mol. The van der Waals surface area contributed by atoms with Crippen LogP contribution >= 0.6 is 11.3 Å². The van der Waals surface area contributed by atoms with Crippen LogP contribution in [0.4, 0.5) is 16.9 Å². The molecule has 0 unspecified atom stereocenters. The van der Waals surface area contributed by atoms with Crippen LogP contribution in [0.5, 0.6) is 0 Å². The molecule has 0 bridgehead atoms. The number of aryl methyl sites for hydroxylation is 2. The van der Waals surface area contributed by atoms with Crippen molar-refractivity contribution in [2.24, 2.45) is 5.92 Å². The molecule has 2 aliphatic heterocycles. The van der Waals surface area contributed by atoms with Gasteiger partial charge in [0, 0.05) is 74.4 Å². The van der Waals surface area contributed by atoms with Gasteiger partial charge in [-0.05, 0) is 38.3 Å². The number of nitriles is 1. The number of carbonyl (C=O) groups excluding carboxylic acids is 1. The molecule has 240 valence electrons. The zero-order valence-corrected chi connectivity index (χ0v) is 27.7. The smallest absolute Gasteiger partial charge is 0.225 e. The predicted octanol–water partition coefficient (Wildman–Crippen LogP) is 5.50. The third-order valence-electron chi connectivity index (χ3n) is 9.07. The summed E-state index contributed by atoms with van der Waals surface area (Å²) in [6, 6.07) is 14.5. The van der Waals surface area contributed by atoms with Crippen LogP contribution in [0.1, 0.15) is 35.9 Å². The van der Waals surface area contributed by atoms with E-state index in [4.69, 9.17) is 24.7 Å². The quantitative estimate of drug-likeness (QED) is 0.226. The number of aromatic nitrogens is 5. The Morgan fingerprint density at radius 3 is 2.38 bits per heavy atom. The minimum absolute atomic E-state index is 0.0518. The maximum Gasteiger partial charge on any atom is 0.225 e. The number of rotatable bonds is 7. The molecule has 2 aliphatic rings. The molecule has 11 nitrogen and oxygen atoms in total. The Hall–Kier alpha value is -4.86. The van der Waals surface area contributed by atoms with Crippen molar-refractivity contribution in [1.82, 2.24) is 29.2 Å². The van der Waals surface area contributed by atoms with E-state index in [9.17, 15) is 10.1 Å². The highest BCUT2D eigenvalue weighted by atomic mass is 32.1. The highest BCUT2D eigenvalue weighted by Gasteiger charge is 2.30. The van der Waals surface area contributed by atoms with E-state index in [1.54, 1.807) is 0 Å². The van der Waals surface area contributed by atoms with E-state index in [0.717, 1.165) is 76.9 Å². The van der Waals surface area contributed by atoms with E-state index in [2.05, 4.69) is 28.5 Å². The number of fused-ring (bicyclic) bond motifs is 1. The molecule has 1 aromatic carbocycles. The number of morpholine rings is 1. The summed E-state index contributed by atoms with van der Waals surface area (Å²) in [6.45, 7) is 8.28. The third-order valence-corrected chi connectivity index (χ3v) is 10.1. The van der Waals surface area contributed by atoms with Gasteiger partial charge in [-0.3, -0.25) is 9.20 Å². The molecule has 47 heavy (non-hydrogen) atoms. The summed E-state index contributed by atoms with van der Waals surface area (Å²) >= 11 is 1.38. The van der Waals surface area contributed by atoms with E-state index in [-0.39, 0.29) is 11.8 Å². The minimum Gasteiger partial charge on any atom is -0.378 e. The first kappa shape index (κ1) is 30.8. The van der Waals surface area contributed by atoms with Crippen LogP contribution in [0, 0.1) is 24.2 Å². The van der Waals surface area contributed by atoms with E-state index in [1.165, 1.54) is 11.3 Å². The maximum absolute atomic E-state index is 13.0. The topological polar surface area (TPSA) is 116 Å².